The minimum absolute atomic E-state index is 0.0332. The number of hydrogen-bond donors (Lipinski definition) is 3. The van der Waals surface area contributed by atoms with E-state index in [2.05, 4.69) is 4.98 Å². The van der Waals surface area contributed by atoms with Crippen molar-refractivity contribution in [3.63, 3.8) is 0 Å². The molecule has 7 nitrogen and oxygen atoms in total. The van der Waals surface area contributed by atoms with Crippen molar-refractivity contribution >= 4 is 5.91 Å². The van der Waals surface area contributed by atoms with E-state index in [1.165, 1.54) is 4.90 Å². The molecule has 1 aliphatic rings. The van der Waals surface area contributed by atoms with Gasteiger partial charge in [0.15, 0.2) is 0 Å². The fraction of sp³-hybridized carbons (Fsp3) is 0.583. The van der Waals surface area contributed by atoms with E-state index in [9.17, 15) is 14.4 Å². The summed E-state index contributed by atoms with van der Waals surface area (Å²) in [5.74, 6) is -0.413. The SMILES string of the molecule is O=C(c1cc(=O)[nH]c(=O)[nH]1)N(CCO)C1CCCC1. The van der Waals surface area contributed by atoms with Gasteiger partial charge in [-0.15, -0.1) is 0 Å². The molecule has 0 unspecified atom stereocenters. The molecule has 2 rings (SSSR count). The molecule has 1 heterocycles. The van der Waals surface area contributed by atoms with Gasteiger partial charge in [0.25, 0.3) is 11.5 Å². The summed E-state index contributed by atoms with van der Waals surface area (Å²) in [5, 5.41) is 9.07. The second-order valence-electron chi connectivity index (χ2n) is 4.66. The Kier molecular flexibility index (Phi) is 4.16. The zero-order chi connectivity index (χ0) is 13.8. The normalized spacial score (nSPS) is 15.6. The van der Waals surface area contributed by atoms with Crippen molar-refractivity contribution in [2.45, 2.75) is 31.7 Å². The number of hydrogen-bond acceptors (Lipinski definition) is 4. The van der Waals surface area contributed by atoms with Crippen molar-refractivity contribution in [2.75, 3.05) is 13.2 Å². The van der Waals surface area contributed by atoms with E-state index in [-0.39, 0.29) is 24.9 Å². The summed E-state index contributed by atoms with van der Waals surface area (Å²) in [5.41, 5.74) is -1.34. The van der Waals surface area contributed by atoms with Crippen LogP contribution in [0.5, 0.6) is 0 Å². The van der Waals surface area contributed by atoms with Crippen LogP contribution in [0.3, 0.4) is 0 Å². The predicted octanol–water partition coefficient (Wildman–Crippen LogP) is -0.560. The zero-order valence-corrected chi connectivity index (χ0v) is 10.5. The van der Waals surface area contributed by atoms with Crippen molar-refractivity contribution < 1.29 is 9.90 Å². The van der Waals surface area contributed by atoms with Gasteiger partial charge in [-0.2, -0.15) is 0 Å². The average Bonchev–Trinajstić information content (AvgIpc) is 2.87. The molecule has 0 aromatic carbocycles. The van der Waals surface area contributed by atoms with Gasteiger partial charge in [-0.05, 0) is 12.8 Å². The summed E-state index contributed by atoms with van der Waals surface area (Å²) < 4.78 is 0. The Morgan fingerprint density at radius 3 is 2.58 bits per heavy atom. The van der Waals surface area contributed by atoms with Gasteiger partial charge in [0.2, 0.25) is 0 Å². The Morgan fingerprint density at radius 2 is 2.00 bits per heavy atom. The van der Waals surface area contributed by atoms with Crippen LogP contribution in [0.1, 0.15) is 36.2 Å². The van der Waals surface area contributed by atoms with Crippen molar-refractivity contribution in [2.24, 2.45) is 0 Å². The molecule has 0 atom stereocenters. The second kappa shape index (κ2) is 5.83. The molecule has 3 N–H and O–H groups in total. The summed E-state index contributed by atoms with van der Waals surface area (Å²) in [6.07, 6.45) is 3.87. The maximum Gasteiger partial charge on any atom is 0.326 e. The van der Waals surface area contributed by atoms with Gasteiger partial charge in [-0.1, -0.05) is 12.8 Å². The first-order valence-electron chi connectivity index (χ1n) is 6.37. The van der Waals surface area contributed by atoms with Gasteiger partial charge in [0.1, 0.15) is 5.69 Å². The lowest BCUT2D eigenvalue weighted by molar-refractivity contribution is 0.0631. The standard InChI is InChI=1S/C12H17N3O4/c16-6-5-15(8-3-1-2-4-8)11(18)9-7-10(17)14-12(19)13-9/h7-8,16H,1-6H2,(H2,13,14,17,19). The van der Waals surface area contributed by atoms with E-state index in [0.29, 0.717) is 0 Å². The molecule has 0 aliphatic heterocycles. The number of rotatable bonds is 4. The Labute approximate surface area is 109 Å². The summed E-state index contributed by atoms with van der Waals surface area (Å²) in [7, 11) is 0. The molecule has 1 aromatic heterocycles. The topological polar surface area (TPSA) is 106 Å². The zero-order valence-electron chi connectivity index (χ0n) is 10.5. The van der Waals surface area contributed by atoms with Crippen LogP contribution in [0.15, 0.2) is 15.7 Å². The van der Waals surface area contributed by atoms with E-state index < -0.39 is 17.2 Å². The van der Waals surface area contributed by atoms with E-state index in [1.54, 1.807) is 0 Å². The lowest BCUT2D eigenvalue weighted by Crippen LogP contribution is -2.42. The molecule has 0 saturated heterocycles. The highest BCUT2D eigenvalue weighted by Gasteiger charge is 2.27. The van der Waals surface area contributed by atoms with Crippen LogP contribution in [-0.4, -0.2) is 45.1 Å². The molecule has 19 heavy (non-hydrogen) atoms. The third kappa shape index (κ3) is 3.11. The van der Waals surface area contributed by atoms with Crippen molar-refractivity contribution in [1.29, 1.82) is 0 Å². The second-order valence-corrected chi connectivity index (χ2v) is 4.66. The van der Waals surface area contributed by atoms with Gasteiger partial charge < -0.3 is 15.0 Å². The Bertz CT molecular complexity index is 528. The van der Waals surface area contributed by atoms with E-state index in [1.807, 2.05) is 4.98 Å². The summed E-state index contributed by atoms with van der Waals surface area (Å²) >= 11 is 0. The minimum atomic E-state index is -0.703. The summed E-state index contributed by atoms with van der Waals surface area (Å²) in [4.78, 5) is 40.6. The number of aromatic nitrogens is 2. The Morgan fingerprint density at radius 1 is 1.32 bits per heavy atom. The molecular weight excluding hydrogens is 250 g/mol. The highest BCUT2D eigenvalue weighted by molar-refractivity contribution is 5.92. The number of H-pyrrole nitrogens is 2. The summed E-state index contributed by atoms with van der Waals surface area (Å²) in [6.45, 7) is 0.0635. The monoisotopic (exact) mass is 267 g/mol. The minimum Gasteiger partial charge on any atom is -0.395 e. The van der Waals surface area contributed by atoms with Crippen LogP contribution in [0.2, 0.25) is 0 Å². The summed E-state index contributed by atoms with van der Waals surface area (Å²) in [6, 6.07) is 1.14. The number of aliphatic hydroxyl groups is 1. The number of nitrogens with zero attached hydrogens (tertiary/aromatic N) is 1. The maximum absolute atomic E-state index is 12.3. The third-order valence-corrected chi connectivity index (χ3v) is 3.36. The van der Waals surface area contributed by atoms with Crippen molar-refractivity contribution in [1.82, 2.24) is 14.9 Å². The van der Waals surface area contributed by atoms with Gasteiger partial charge in [0.05, 0.1) is 6.61 Å². The maximum atomic E-state index is 12.3. The lowest BCUT2D eigenvalue weighted by atomic mass is 10.2. The number of carbonyl (C=O) groups excluding carboxylic acids is 1. The van der Waals surface area contributed by atoms with Crippen molar-refractivity contribution in [3.05, 3.63) is 32.6 Å². The molecule has 104 valence electrons. The molecule has 1 fully saturated rings. The third-order valence-electron chi connectivity index (χ3n) is 3.36. The van der Waals surface area contributed by atoms with Crippen LogP contribution in [0, 0.1) is 0 Å². The molecule has 7 heteroatoms. The van der Waals surface area contributed by atoms with Gasteiger partial charge in [0, 0.05) is 18.7 Å². The van der Waals surface area contributed by atoms with Crippen LogP contribution in [0.25, 0.3) is 0 Å². The first-order chi connectivity index (χ1) is 9.11. The molecule has 1 aromatic rings. The molecule has 0 spiro atoms. The van der Waals surface area contributed by atoms with Crippen LogP contribution < -0.4 is 11.2 Å². The van der Waals surface area contributed by atoms with Gasteiger partial charge in [-0.3, -0.25) is 14.6 Å². The van der Waals surface area contributed by atoms with Gasteiger partial charge in [-0.25, -0.2) is 4.79 Å². The highest BCUT2D eigenvalue weighted by Crippen LogP contribution is 2.24. The Hall–Kier alpha value is -1.89. The number of aliphatic hydroxyl groups excluding tert-OH is 1. The fourth-order valence-electron chi connectivity index (χ4n) is 2.51. The number of nitrogens with one attached hydrogen (secondary N) is 2. The number of aromatic amines is 2. The lowest BCUT2D eigenvalue weighted by Gasteiger charge is -2.28. The molecule has 0 bridgehead atoms. The first kappa shape index (κ1) is 13.5. The van der Waals surface area contributed by atoms with Crippen LogP contribution >= 0.6 is 0 Å². The Balaban J connectivity index is 2.27. The van der Waals surface area contributed by atoms with Gasteiger partial charge >= 0.3 is 5.69 Å². The molecule has 1 aliphatic carbocycles. The molecular formula is C12H17N3O4. The van der Waals surface area contributed by atoms with E-state index in [0.717, 1.165) is 31.7 Å². The van der Waals surface area contributed by atoms with E-state index >= 15 is 0 Å². The molecule has 1 saturated carbocycles. The number of carbonyl (C=O) groups is 1. The average molecular weight is 267 g/mol. The van der Waals surface area contributed by atoms with E-state index in [4.69, 9.17) is 5.11 Å². The largest absolute Gasteiger partial charge is 0.395 e. The van der Waals surface area contributed by atoms with Crippen molar-refractivity contribution in [3.8, 4) is 0 Å². The molecule has 0 radical (unpaired) electrons. The first-order valence-corrected chi connectivity index (χ1v) is 6.37. The number of amides is 1. The van der Waals surface area contributed by atoms with Crippen LogP contribution in [-0.2, 0) is 0 Å². The smallest absolute Gasteiger partial charge is 0.326 e. The predicted molar refractivity (Wildman–Crippen MR) is 68.1 cm³/mol. The quantitative estimate of drug-likeness (QED) is 0.679. The highest BCUT2D eigenvalue weighted by atomic mass is 16.3. The molecule has 1 amide bonds. The van der Waals surface area contributed by atoms with Crippen LogP contribution in [0.4, 0.5) is 0 Å². The fourth-order valence-corrected chi connectivity index (χ4v) is 2.51.